The monoisotopic (exact) mass is 345 g/mol. The highest BCUT2D eigenvalue weighted by Gasteiger charge is 2.14. The number of aromatic nitrogens is 3. The topological polar surface area (TPSA) is 30.7 Å². The van der Waals surface area contributed by atoms with Gasteiger partial charge in [-0.15, -0.1) is 22.9 Å². The van der Waals surface area contributed by atoms with Gasteiger partial charge in [0.15, 0.2) is 0 Å². The smallest absolute Gasteiger partial charge is 0.125 e. The summed E-state index contributed by atoms with van der Waals surface area (Å²) in [5.74, 6) is 1.13. The Balaban J connectivity index is 2.17. The van der Waals surface area contributed by atoms with E-state index < -0.39 is 0 Å². The van der Waals surface area contributed by atoms with Crippen LogP contribution >= 0.6 is 46.1 Å². The lowest BCUT2D eigenvalue weighted by molar-refractivity contribution is 0.783. The molecule has 104 valence electrons. The van der Waals surface area contributed by atoms with Gasteiger partial charge in [-0.1, -0.05) is 23.2 Å². The highest BCUT2D eigenvalue weighted by atomic mass is 35.5. The summed E-state index contributed by atoms with van der Waals surface area (Å²) in [4.78, 5) is 9.97. The summed E-state index contributed by atoms with van der Waals surface area (Å²) in [6, 6.07) is 3.60. The van der Waals surface area contributed by atoms with Crippen molar-refractivity contribution in [1.29, 1.82) is 0 Å². The van der Waals surface area contributed by atoms with Gasteiger partial charge in [-0.3, -0.25) is 0 Å². The summed E-state index contributed by atoms with van der Waals surface area (Å²) in [5, 5.41) is 1.02. The van der Waals surface area contributed by atoms with Crippen molar-refractivity contribution in [2.75, 3.05) is 0 Å². The maximum absolute atomic E-state index is 6.11. The van der Waals surface area contributed by atoms with Crippen LogP contribution in [0.4, 0.5) is 0 Å². The number of hydrogen-bond acceptors (Lipinski definition) is 3. The van der Waals surface area contributed by atoms with E-state index in [1.165, 1.54) is 4.88 Å². The van der Waals surface area contributed by atoms with Crippen LogP contribution in [-0.4, -0.2) is 14.5 Å². The Bertz CT molecular complexity index is 779. The van der Waals surface area contributed by atoms with E-state index >= 15 is 0 Å². The van der Waals surface area contributed by atoms with Gasteiger partial charge in [0, 0.05) is 4.88 Å². The number of hydrogen-bond donors (Lipinski definition) is 0. The number of aryl methyl sites for hydroxylation is 1. The molecule has 0 aliphatic heterocycles. The molecule has 2 heterocycles. The van der Waals surface area contributed by atoms with Crippen molar-refractivity contribution >= 4 is 57.2 Å². The molecule has 3 aromatic rings. The molecule has 0 bridgehead atoms. The Morgan fingerprint density at radius 2 is 2.00 bits per heavy atom. The molecule has 0 aliphatic carbocycles. The highest BCUT2D eigenvalue weighted by Crippen LogP contribution is 2.29. The van der Waals surface area contributed by atoms with E-state index in [2.05, 4.69) is 14.5 Å². The molecule has 0 N–H and O–H groups in total. The van der Waals surface area contributed by atoms with Crippen molar-refractivity contribution in [2.45, 2.75) is 19.3 Å². The van der Waals surface area contributed by atoms with Gasteiger partial charge in [0.05, 0.1) is 44.7 Å². The van der Waals surface area contributed by atoms with Gasteiger partial charge in [-0.25, -0.2) is 9.97 Å². The third-order valence-electron chi connectivity index (χ3n) is 3.14. The molecule has 0 atom stereocenters. The number of imidazole rings is 1. The summed E-state index contributed by atoms with van der Waals surface area (Å²) >= 11 is 19.8. The minimum absolute atomic E-state index is 0.335. The molecule has 0 fully saturated rings. The first-order valence-corrected chi connectivity index (χ1v) is 8.06. The molecule has 3 nitrogen and oxygen atoms in total. The summed E-state index contributed by atoms with van der Waals surface area (Å²) in [7, 11) is 0. The Labute approximate surface area is 135 Å². The first kappa shape index (κ1) is 14.1. The molecule has 0 saturated carbocycles. The summed E-state index contributed by atoms with van der Waals surface area (Å²) in [5.41, 5.74) is 4.60. The van der Waals surface area contributed by atoms with E-state index in [9.17, 15) is 0 Å². The number of halogens is 3. The maximum atomic E-state index is 6.11. The van der Waals surface area contributed by atoms with Crippen LogP contribution in [0.2, 0.25) is 10.0 Å². The van der Waals surface area contributed by atoms with Crippen LogP contribution in [0.5, 0.6) is 0 Å². The molecule has 0 radical (unpaired) electrons. The highest BCUT2D eigenvalue weighted by molar-refractivity contribution is 7.09. The zero-order chi connectivity index (χ0) is 14.3. The first-order valence-electron chi connectivity index (χ1n) is 5.89. The molecule has 0 spiro atoms. The number of alkyl halides is 1. The predicted molar refractivity (Wildman–Crippen MR) is 85.3 cm³/mol. The molecule has 20 heavy (non-hydrogen) atoms. The van der Waals surface area contributed by atoms with E-state index in [-0.39, 0.29) is 0 Å². The molecule has 7 heteroatoms. The second kappa shape index (κ2) is 5.53. The zero-order valence-electron chi connectivity index (χ0n) is 10.5. The molecule has 0 unspecified atom stereocenters. The standard InChI is InChI=1S/C13H10Cl3N3S/c1-7-12(20-6-17-7)5-19-11-3-9(16)8(15)2-10(11)18-13(19)4-14/h2-3,6H,4-5H2,1H3. The van der Waals surface area contributed by atoms with Gasteiger partial charge >= 0.3 is 0 Å². The van der Waals surface area contributed by atoms with Crippen LogP contribution in [0.1, 0.15) is 16.4 Å². The second-order valence-electron chi connectivity index (χ2n) is 4.36. The van der Waals surface area contributed by atoms with Gasteiger partial charge in [-0.05, 0) is 19.1 Å². The van der Waals surface area contributed by atoms with Gasteiger partial charge in [0.1, 0.15) is 5.82 Å². The van der Waals surface area contributed by atoms with Crippen molar-refractivity contribution in [3.8, 4) is 0 Å². The maximum Gasteiger partial charge on any atom is 0.125 e. The fourth-order valence-electron chi connectivity index (χ4n) is 2.07. The van der Waals surface area contributed by atoms with Crippen LogP contribution in [0.3, 0.4) is 0 Å². The Hall–Kier alpha value is -0.810. The molecule has 3 rings (SSSR count). The summed E-state index contributed by atoms with van der Waals surface area (Å²) < 4.78 is 2.06. The first-order chi connectivity index (χ1) is 9.60. The van der Waals surface area contributed by atoms with Crippen molar-refractivity contribution in [1.82, 2.24) is 14.5 Å². The lowest BCUT2D eigenvalue weighted by Crippen LogP contribution is -2.03. The number of rotatable bonds is 3. The minimum atomic E-state index is 0.335. The molecular weight excluding hydrogens is 337 g/mol. The Kier molecular flexibility index (Phi) is 3.91. The molecular formula is C13H10Cl3N3S. The number of benzene rings is 1. The van der Waals surface area contributed by atoms with Crippen LogP contribution < -0.4 is 0 Å². The zero-order valence-corrected chi connectivity index (χ0v) is 13.6. The summed E-state index contributed by atoms with van der Waals surface area (Å²) in [6.45, 7) is 2.68. The van der Waals surface area contributed by atoms with E-state index in [1.54, 1.807) is 17.4 Å². The Morgan fingerprint density at radius 1 is 1.25 bits per heavy atom. The number of fused-ring (bicyclic) bond motifs is 1. The van der Waals surface area contributed by atoms with Crippen LogP contribution in [0, 0.1) is 6.92 Å². The molecule has 0 amide bonds. The molecule has 0 aliphatic rings. The minimum Gasteiger partial charge on any atom is -0.322 e. The fourth-order valence-corrected chi connectivity index (χ4v) is 3.35. The Morgan fingerprint density at radius 3 is 2.65 bits per heavy atom. The van der Waals surface area contributed by atoms with E-state index in [1.807, 2.05) is 18.5 Å². The van der Waals surface area contributed by atoms with Gasteiger partial charge in [0.25, 0.3) is 0 Å². The van der Waals surface area contributed by atoms with Crippen LogP contribution in [0.25, 0.3) is 11.0 Å². The van der Waals surface area contributed by atoms with Gasteiger partial charge < -0.3 is 4.57 Å². The lowest BCUT2D eigenvalue weighted by atomic mass is 10.3. The SMILES string of the molecule is Cc1ncsc1Cn1c(CCl)nc2cc(Cl)c(Cl)cc21. The van der Waals surface area contributed by atoms with Crippen LogP contribution in [-0.2, 0) is 12.4 Å². The fraction of sp³-hybridized carbons (Fsp3) is 0.231. The lowest BCUT2D eigenvalue weighted by Gasteiger charge is -2.07. The molecule has 1 aromatic carbocycles. The number of thiazole rings is 1. The summed E-state index contributed by atoms with van der Waals surface area (Å²) in [6.07, 6.45) is 0. The van der Waals surface area contributed by atoms with Crippen molar-refractivity contribution < 1.29 is 0 Å². The van der Waals surface area contributed by atoms with E-state index in [0.717, 1.165) is 22.6 Å². The van der Waals surface area contributed by atoms with Crippen molar-refractivity contribution in [2.24, 2.45) is 0 Å². The normalized spacial score (nSPS) is 11.4. The molecule has 2 aromatic heterocycles. The third kappa shape index (κ3) is 2.42. The number of nitrogens with zero attached hydrogens (tertiary/aromatic N) is 3. The molecule has 0 saturated heterocycles. The largest absolute Gasteiger partial charge is 0.322 e. The van der Waals surface area contributed by atoms with Crippen LogP contribution in [0.15, 0.2) is 17.6 Å². The quantitative estimate of drug-likeness (QED) is 0.632. The van der Waals surface area contributed by atoms with Crippen molar-refractivity contribution in [3.05, 3.63) is 44.1 Å². The third-order valence-corrected chi connectivity index (χ3v) is 5.02. The van der Waals surface area contributed by atoms with Gasteiger partial charge in [-0.2, -0.15) is 0 Å². The average Bonchev–Trinajstić information content (AvgIpc) is 2.96. The van der Waals surface area contributed by atoms with Gasteiger partial charge in [0.2, 0.25) is 0 Å². The van der Waals surface area contributed by atoms with E-state index in [0.29, 0.717) is 22.5 Å². The van der Waals surface area contributed by atoms with E-state index in [4.69, 9.17) is 34.8 Å². The average molecular weight is 347 g/mol. The predicted octanol–water partition coefficient (Wildman–Crippen LogP) is 4.90. The van der Waals surface area contributed by atoms with Crippen molar-refractivity contribution in [3.63, 3.8) is 0 Å². The second-order valence-corrected chi connectivity index (χ2v) is 6.38.